The highest BCUT2D eigenvalue weighted by Gasteiger charge is 2.52. The van der Waals surface area contributed by atoms with E-state index in [1.807, 2.05) is 0 Å². The zero-order valence-corrected chi connectivity index (χ0v) is 36.5. The predicted octanol–water partition coefficient (Wildman–Crippen LogP) is 15.9. The number of benzene rings is 9. The first-order chi connectivity index (χ1) is 31.4. The van der Waals surface area contributed by atoms with Gasteiger partial charge < -0.3 is 0 Å². The Balaban J connectivity index is 1.04. The molecule has 2 nitrogen and oxygen atoms in total. The van der Waals surface area contributed by atoms with E-state index in [2.05, 4.69) is 234 Å². The van der Waals surface area contributed by atoms with Crippen LogP contribution in [-0.4, -0.2) is 9.97 Å². The Morgan fingerprint density at radius 1 is 0.391 bits per heavy atom. The summed E-state index contributed by atoms with van der Waals surface area (Å²) < 4.78 is 0. The third-order valence-corrected chi connectivity index (χ3v) is 14.3. The molecule has 2 heteroatoms. The fourth-order valence-electron chi connectivity index (χ4n) is 11.3. The number of allylic oxidation sites excluding steroid dienone is 4. The Kier molecular flexibility index (Phi) is 8.58. The first kappa shape index (κ1) is 38.0. The molecule has 10 aromatic rings. The van der Waals surface area contributed by atoms with Crippen molar-refractivity contribution in [2.24, 2.45) is 0 Å². The van der Waals surface area contributed by atoms with Gasteiger partial charge in [-0.1, -0.05) is 196 Å². The van der Waals surface area contributed by atoms with Crippen LogP contribution in [0.15, 0.2) is 212 Å². The van der Waals surface area contributed by atoms with Gasteiger partial charge in [-0.3, -0.25) is 0 Å². The summed E-state index contributed by atoms with van der Waals surface area (Å²) in [5.41, 5.74) is 17.4. The summed E-state index contributed by atoms with van der Waals surface area (Å²) in [6.07, 6.45) is 4.49. The minimum absolute atomic E-state index is 0.191. The number of nitrogens with zero attached hydrogens (tertiary/aromatic N) is 2. The van der Waals surface area contributed by atoms with Gasteiger partial charge in [0.25, 0.3) is 0 Å². The van der Waals surface area contributed by atoms with E-state index in [1.54, 1.807) is 0 Å². The molecule has 64 heavy (non-hydrogen) atoms. The van der Waals surface area contributed by atoms with Gasteiger partial charge in [0, 0.05) is 22.1 Å². The molecule has 1 heterocycles. The van der Waals surface area contributed by atoms with Crippen molar-refractivity contribution in [1.29, 1.82) is 0 Å². The summed E-state index contributed by atoms with van der Waals surface area (Å²) in [4.78, 5) is 10.7. The number of fused-ring (bicyclic) bond motifs is 12. The lowest BCUT2D eigenvalue weighted by atomic mass is 9.55. The van der Waals surface area contributed by atoms with Gasteiger partial charge in [0.1, 0.15) is 0 Å². The quantitative estimate of drug-likeness (QED) is 0.162. The van der Waals surface area contributed by atoms with Crippen LogP contribution in [0, 0.1) is 0 Å². The average molecular weight is 819 g/mol. The van der Waals surface area contributed by atoms with Crippen molar-refractivity contribution in [3.63, 3.8) is 0 Å². The third-order valence-electron chi connectivity index (χ3n) is 14.3. The summed E-state index contributed by atoms with van der Waals surface area (Å²) >= 11 is 0. The Morgan fingerprint density at radius 3 is 1.64 bits per heavy atom. The van der Waals surface area contributed by atoms with Gasteiger partial charge in [0.15, 0.2) is 5.82 Å². The molecule has 0 aliphatic heterocycles. The summed E-state index contributed by atoms with van der Waals surface area (Å²) in [7, 11) is 0. The number of rotatable bonds is 5. The molecule has 1 spiro atoms. The largest absolute Gasteiger partial charge is 0.228 e. The Bertz CT molecular complexity index is 3570. The third kappa shape index (κ3) is 5.52. The van der Waals surface area contributed by atoms with E-state index in [1.165, 1.54) is 82.4 Å². The molecule has 304 valence electrons. The van der Waals surface area contributed by atoms with Crippen molar-refractivity contribution >= 4 is 37.9 Å². The average Bonchev–Trinajstić information content (AvgIpc) is 3.60. The minimum atomic E-state index is -0.426. The molecule has 1 unspecified atom stereocenters. The van der Waals surface area contributed by atoms with E-state index < -0.39 is 5.41 Å². The fourth-order valence-corrected chi connectivity index (χ4v) is 11.3. The summed E-state index contributed by atoms with van der Waals surface area (Å²) in [5, 5.41) is 7.43. The fraction of sp³-hybridized carbons (Fsp3) is 0.0968. The van der Waals surface area contributed by atoms with Crippen molar-refractivity contribution in [1.82, 2.24) is 9.97 Å². The molecular weight excluding hydrogens is 773 g/mol. The maximum Gasteiger partial charge on any atom is 0.160 e. The van der Waals surface area contributed by atoms with Crippen molar-refractivity contribution < 1.29 is 0 Å². The molecule has 0 N–H and O–H groups in total. The molecule has 1 atom stereocenters. The van der Waals surface area contributed by atoms with Crippen molar-refractivity contribution in [2.45, 2.75) is 38.5 Å². The van der Waals surface area contributed by atoms with Crippen molar-refractivity contribution in [3.8, 4) is 45.0 Å². The Labute approximate surface area is 375 Å². The maximum absolute atomic E-state index is 5.39. The van der Waals surface area contributed by atoms with Gasteiger partial charge >= 0.3 is 0 Å². The molecule has 0 radical (unpaired) electrons. The Morgan fingerprint density at radius 2 is 0.922 bits per heavy atom. The first-order valence-corrected chi connectivity index (χ1v) is 22.4. The van der Waals surface area contributed by atoms with E-state index in [4.69, 9.17) is 9.97 Å². The highest BCUT2D eigenvalue weighted by molar-refractivity contribution is 6.25. The molecule has 0 saturated carbocycles. The highest BCUT2D eigenvalue weighted by atomic mass is 14.9. The van der Waals surface area contributed by atoms with Crippen molar-refractivity contribution in [2.75, 3.05) is 0 Å². The second-order valence-corrected chi connectivity index (χ2v) is 18.0. The van der Waals surface area contributed by atoms with Crippen LogP contribution < -0.4 is 0 Å². The van der Waals surface area contributed by atoms with Gasteiger partial charge in [-0.15, -0.1) is 0 Å². The van der Waals surface area contributed by atoms with Gasteiger partial charge in [0.2, 0.25) is 0 Å². The molecule has 0 saturated heterocycles. The van der Waals surface area contributed by atoms with Crippen LogP contribution in [0.2, 0.25) is 0 Å². The zero-order chi connectivity index (χ0) is 43.2. The van der Waals surface area contributed by atoms with Crippen LogP contribution in [0.25, 0.3) is 82.9 Å². The number of hydrogen-bond acceptors (Lipinski definition) is 2. The van der Waals surface area contributed by atoms with E-state index in [0.29, 0.717) is 5.82 Å². The molecule has 0 amide bonds. The van der Waals surface area contributed by atoms with Crippen LogP contribution in [0.5, 0.6) is 0 Å². The predicted molar refractivity (Wildman–Crippen MR) is 269 cm³/mol. The topological polar surface area (TPSA) is 25.8 Å². The van der Waals surface area contributed by atoms with Crippen LogP contribution >= 0.6 is 0 Å². The van der Waals surface area contributed by atoms with Gasteiger partial charge in [-0.2, -0.15) is 0 Å². The molecule has 2 aliphatic rings. The minimum Gasteiger partial charge on any atom is -0.228 e. The van der Waals surface area contributed by atoms with E-state index in [-0.39, 0.29) is 5.41 Å². The normalized spacial score (nSPS) is 16.2. The lowest BCUT2D eigenvalue weighted by molar-refractivity contribution is 0.558. The van der Waals surface area contributed by atoms with Gasteiger partial charge in [0.05, 0.1) is 16.8 Å². The molecule has 0 bridgehead atoms. The molecule has 0 fully saturated rings. The lowest BCUT2D eigenvalue weighted by Gasteiger charge is -2.47. The molecular formula is C62H46N2. The van der Waals surface area contributed by atoms with Crippen LogP contribution in [0.4, 0.5) is 0 Å². The van der Waals surface area contributed by atoms with Crippen molar-refractivity contribution in [3.05, 3.63) is 245 Å². The molecule has 9 aromatic carbocycles. The zero-order valence-electron chi connectivity index (χ0n) is 36.5. The molecule has 12 rings (SSSR count). The van der Waals surface area contributed by atoms with E-state index in [9.17, 15) is 0 Å². The second kappa shape index (κ2) is 14.4. The summed E-state index contributed by atoms with van der Waals surface area (Å²) in [5.74, 6) is 0.705. The molecule has 1 aromatic heterocycles. The molecule has 2 aliphatic carbocycles. The van der Waals surface area contributed by atoms with E-state index >= 15 is 0 Å². The monoisotopic (exact) mass is 818 g/mol. The smallest absolute Gasteiger partial charge is 0.160 e. The SMILES string of the molecule is C/C=C\C1=C(C)C2(c3ccccc31)c1ccccc1C(C)(C)c1ccc(-c3cccc(-c4cc(-c5ccccc5)nc(-c5ccc6c7ccccc7c7ccccc7c6c5)n4)c3)cc12. The standard InChI is InChI=1S/C62H46N2/c1-5-18-45-39(2)62(53-28-14-13-27-51(45)53)56-30-16-15-29-54(56)61(3,4)55-34-32-42(37-57(55)62)41-21-17-22-43(35-41)59-38-58(40-19-7-6-8-20-40)63-60(64-59)44-31-33-50-48-25-10-9-23-46(48)47-24-11-12-26-49(47)52(50)36-44/h5-38H,1-4H3/b18-5-. The van der Waals surface area contributed by atoms with Gasteiger partial charge in [-0.05, 0) is 126 Å². The summed E-state index contributed by atoms with van der Waals surface area (Å²) in [6, 6.07) is 71.2. The second-order valence-electron chi connectivity index (χ2n) is 18.0. The van der Waals surface area contributed by atoms with Crippen LogP contribution in [-0.2, 0) is 10.8 Å². The van der Waals surface area contributed by atoms with Crippen LogP contribution in [0.1, 0.15) is 61.1 Å². The first-order valence-electron chi connectivity index (χ1n) is 22.4. The van der Waals surface area contributed by atoms with E-state index in [0.717, 1.165) is 33.6 Å². The van der Waals surface area contributed by atoms with Gasteiger partial charge in [-0.25, -0.2) is 9.97 Å². The summed E-state index contributed by atoms with van der Waals surface area (Å²) in [6.45, 7) is 9.27. The highest BCUT2D eigenvalue weighted by Crippen LogP contribution is 2.61. The van der Waals surface area contributed by atoms with Crippen LogP contribution in [0.3, 0.4) is 0 Å². The Hall–Kier alpha value is -7.68. The maximum atomic E-state index is 5.39. The lowest BCUT2D eigenvalue weighted by Crippen LogP contribution is -2.41. The number of hydrogen-bond donors (Lipinski definition) is 0. The number of aromatic nitrogens is 2.